The Morgan fingerprint density at radius 2 is 2.18 bits per heavy atom. The van der Waals surface area contributed by atoms with Gasteiger partial charge in [0.25, 0.3) is 0 Å². The fraction of sp³-hybridized carbons (Fsp3) is 0.643. The molecule has 0 bridgehead atoms. The van der Waals surface area contributed by atoms with Crippen LogP contribution in [0.2, 0.25) is 0 Å². The molecule has 0 aliphatic heterocycles. The maximum Gasteiger partial charge on any atom is 0.0989 e. The molecule has 1 N–H and O–H groups in total. The number of pyridine rings is 1. The summed E-state index contributed by atoms with van der Waals surface area (Å²) >= 11 is 1.87. The second-order valence-electron chi connectivity index (χ2n) is 4.70. The summed E-state index contributed by atoms with van der Waals surface area (Å²) in [5.74, 6) is 1.17. The van der Waals surface area contributed by atoms with E-state index in [1.807, 2.05) is 18.0 Å². The zero-order valence-corrected chi connectivity index (χ0v) is 12.2. The molecule has 0 aliphatic carbocycles. The van der Waals surface area contributed by atoms with E-state index in [-0.39, 0.29) is 0 Å². The Bertz CT molecular complexity index is 337. The molecule has 17 heavy (non-hydrogen) atoms. The van der Waals surface area contributed by atoms with Crippen molar-refractivity contribution in [2.45, 2.75) is 58.1 Å². The quantitative estimate of drug-likeness (QED) is 0.590. The van der Waals surface area contributed by atoms with Gasteiger partial charge in [0.2, 0.25) is 0 Å². The van der Waals surface area contributed by atoms with E-state index in [1.54, 1.807) is 0 Å². The largest absolute Gasteiger partial charge is 0.310 e. The molecule has 3 heteroatoms. The van der Waals surface area contributed by atoms with Gasteiger partial charge in [-0.05, 0) is 30.2 Å². The van der Waals surface area contributed by atoms with Gasteiger partial charge in [-0.1, -0.05) is 33.3 Å². The average Bonchev–Trinajstić information content (AvgIpc) is 2.29. The molecule has 1 aromatic heterocycles. The van der Waals surface area contributed by atoms with Crippen LogP contribution in [0.25, 0.3) is 0 Å². The summed E-state index contributed by atoms with van der Waals surface area (Å²) in [4.78, 5) is 4.55. The lowest BCUT2D eigenvalue weighted by molar-refractivity contribution is 0.587. The number of aryl methyl sites for hydroxylation is 1. The van der Waals surface area contributed by atoms with Crippen LogP contribution >= 0.6 is 11.8 Å². The maximum absolute atomic E-state index is 4.55. The van der Waals surface area contributed by atoms with Crippen molar-refractivity contribution in [3.63, 3.8) is 0 Å². The molecule has 0 fully saturated rings. The van der Waals surface area contributed by atoms with Crippen molar-refractivity contribution in [3.05, 3.63) is 23.4 Å². The molecule has 0 saturated carbocycles. The Morgan fingerprint density at radius 1 is 1.41 bits per heavy atom. The van der Waals surface area contributed by atoms with Crippen LogP contribution in [0.3, 0.4) is 0 Å². The van der Waals surface area contributed by atoms with Crippen LogP contribution in [0.4, 0.5) is 0 Å². The van der Waals surface area contributed by atoms with Gasteiger partial charge in [0.05, 0.1) is 5.03 Å². The first kappa shape index (κ1) is 14.5. The van der Waals surface area contributed by atoms with Crippen LogP contribution in [0, 0.1) is 6.92 Å². The normalized spacial score (nSPS) is 11.1. The van der Waals surface area contributed by atoms with Gasteiger partial charge in [0.1, 0.15) is 0 Å². The highest BCUT2D eigenvalue weighted by Gasteiger charge is 2.03. The Kier molecular flexibility index (Phi) is 6.60. The minimum atomic E-state index is 0.522. The first-order valence-corrected chi connectivity index (χ1v) is 7.43. The lowest BCUT2D eigenvalue weighted by Crippen LogP contribution is -2.21. The summed E-state index contributed by atoms with van der Waals surface area (Å²) < 4.78 is 0. The molecule has 0 atom stereocenters. The number of nitrogens with one attached hydrogen (secondary N) is 1. The number of hydrogen-bond donors (Lipinski definition) is 1. The number of rotatable bonds is 7. The molecule has 0 aromatic carbocycles. The highest BCUT2D eigenvalue weighted by atomic mass is 32.2. The average molecular weight is 252 g/mol. The van der Waals surface area contributed by atoms with Crippen LogP contribution in [0.15, 0.2) is 17.3 Å². The van der Waals surface area contributed by atoms with Crippen molar-refractivity contribution in [2.75, 3.05) is 5.75 Å². The Hall–Kier alpha value is -0.540. The first-order valence-electron chi connectivity index (χ1n) is 6.45. The van der Waals surface area contributed by atoms with Crippen LogP contribution in [0.5, 0.6) is 0 Å². The van der Waals surface area contributed by atoms with E-state index in [0.717, 1.165) is 6.54 Å². The highest BCUT2D eigenvalue weighted by Crippen LogP contribution is 2.21. The van der Waals surface area contributed by atoms with Crippen molar-refractivity contribution in [1.82, 2.24) is 10.3 Å². The summed E-state index contributed by atoms with van der Waals surface area (Å²) in [5, 5.41) is 4.60. The SMILES string of the molecule is CCCCSc1ncc(CNC(C)C)cc1C. The van der Waals surface area contributed by atoms with Gasteiger partial charge in [0, 0.05) is 18.8 Å². The summed E-state index contributed by atoms with van der Waals surface area (Å²) in [6.07, 6.45) is 4.52. The fourth-order valence-electron chi connectivity index (χ4n) is 1.50. The van der Waals surface area contributed by atoms with E-state index in [1.165, 1.54) is 34.7 Å². The third-order valence-electron chi connectivity index (χ3n) is 2.54. The molecule has 96 valence electrons. The van der Waals surface area contributed by atoms with Crippen molar-refractivity contribution in [2.24, 2.45) is 0 Å². The van der Waals surface area contributed by atoms with Gasteiger partial charge in [-0.3, -0.25) is 0 Å². The van der Waals surface area contributed by atoms with E-state index >= 15 is 0 Å². The number of unbranched alkanes of at least 4 members (excludes halogenated alkanes) is 1. The van der Waals surface area contributed by atoms with Crippen molar-refractivity contribution in [1.29, 1.82) is 0 Å². The van der Waals surface area contributed by atoms with Crippen LogP contribution in [-0.4, -0.2) is 16.8 Å². The van der Waals surface area contributed by atoms with Gasteiger partial charge in [-0.15, -0.1) is 11.8 Å². The number of aromatic nitrogens is 1. The molecule has 0 spiro atoms. The third kappa shape index (κ3) is 5.55. The predicted octanol–water partition coefficient (Wildman–Crippen LogP) is 3.78. The standard InChI is InChI=1S/C14H24N2S/c1-5-6-7-17-14-12(4)8-13(10-16-14)9-15-11(2)3/h8,10-11,15H,5-7,9H2,1-4H3. The minimum Gasteiger partial charge on any atom is -0.310 e. The van der Waals surface area contributed by atoms with Crippen molar-refractivity contribution >= 4 is 11.8 Å². The molecule has 0 saturated heterocycles. The maximum atomic E-state index is 4.55. The van der Waals surface area contributed by atoms with E-state index in [0.29, 0.717) is 6.04 Å². The topological polar surface area (TPSA) is 24.9 Å². The zero-order chi connectivity index (χ0) is 12.7. The van der Waals surface area contributed by atoms with E-state index < -0.39 is 0 Å². The van der Waals surface area contributed by atoms with Crippen LogP contribution in [0.1, 0.15) is 44.7 Å². The molecule has 0 radical (unpaired) electrons. The number of thioether (sulfide) groups is 1. The second kappa shape index (κ2) is 7.72. The summed E-state index contributed by atoms with van der Waals surface area (Å²) in [6, 6.07) is 2.77. The lowest BCUT2D eigenvalue weighted by atomic mass is 10.2. The number of nitrogens with zero attached hydrogens (tertiary/aromatic N) is 1. The monoisotopic (exact) mass is 252 g/mol. The second-order valence-corrected chi connectivity index (χ2v) is 5.79. The van der Waals surface area contributed by atoms with Crippen molar-refractivity contribution in [3.8, 4) is 0 Å². The summed E-state index contributed by atoms with van der Waals surface area (Å²) in [7, 11) is 0. The Morgan fingerprint density at radius 3 is 2.76 bits per heavy atom. The molecular weight excluding hydrogens is 228 g/mol. The Balaban J connectivity index is 2.53. The van der Waals surface area contributed by atoms with Crippen LogP contribution in [-0.2, 0) is 6.54 Å². The molecule has 2 nitrogen and oxygen atoms in total. The molecule has 1 rings (SSSR count). The Labute approximate surface area is 110 Å². The predicted molar refractivity (Wildman–Crippen MR) is 76.6 cm³/mol. The third-order valence-corrected chi connectivity index (χ3v) is 3.73. The first-order chi connectivity index (χ1) is 8.13. The molecule has 0 unspecified atom stereocenters. The van der Waals surface area contributed by atoms with E-state index in [9.17, 15) is 0 Å². The van der Waals surface area contributed by atoms with Crippen LogP contribution < -0.4 is 5.32 Å². The molecule has 1 heterocycles. The van der Waals surface area contributed by atoms with Gasteiger partial charge in [-0.25, -0.2) is 4.98 Å². The van der Waals surface area contributed by atoms with E-state index in [2.05, 4.69) is 44.1 Å². The number of hydrogen-bond acceptors (Lipinski definition) is 3. The fourth-order valence-corrected chi connectivity index (χ4v) is 2.54. The summed E-state index contributed by atoms with van der Waals surface area (Å²) in [6.45, 7) is 9.61. The highest BCUT2D eigenvalue weighted by molar-refractivity contribution is 7.99. The molecular formula is C14H24N2S. The minimum absolute atomic E-state index is 0.522. The summed E-state index contributed by atoms with van der Waals surface area (Å²) in [5.41, 5.74) is 2.57. The smallest absolute Gasteiger partial charge is 0.0989 e. The van der Waals surface area contributed by atoms with Crippen molar-refractivity contribution < 1.29 is 0 Å². The zero-order valence-electron chi connectivity index (χ0n) is 11.4. The van der Waals surface area contributed by atoms with Gasteiger partial charge in [-0.2, -0.15) is 0 Å². The van der Waals surface area contributed by atoms with Gasteiger partial charge < -0.3 is 5.32 Å². The molecule has 1 aromatic rings. The molecule has 0 amide bonds. The lowest BCUT2D eigenvalue weighted by Gasteiger charge is -2.10. The molecule has 0 aliphatic rings. The van der Waals surface area contributed by atoms with Gasteiger partial charge in [0.15, 0.2) is 0 Å². The van der Waals surface area contributed by atoms with E-state index in [4.69, 9.17) is 0 Å². The van der Waals surface area contributed by atoms with Gasteiger partial charge >= 0.3 is 0 Å².